The van der Waals surface area contributed by atoms with E-state index in [9.17, 15) is 13.2 Å². The highest BCUT2D eigenvalue weighted by Crippen LogP contribution is 2.28. The van der Waals surface area contributed by atoms with Crippen LogP contribution in [-0.2, 0) is 19.6 Å². The molecule has 0 spiro atoms. The molecule has 3 rings (SSSR count). The fraction of sp³-hybridized carbons (Fsp3) is 0.381. The van der Waals surface area contributed by atoms with Crippen molar-refractivity contribution in [3.63, 3.8) is 0 Å². The lowest BCUT2D eigenvalue weighted by Gasteiger charge is -2.26. The van der Waals surface area contributed by atoms with Crippen LogP contribution in [0.15, 0.2) is 46.2 Å². The van der Waals surface area contributed by atoms with Crippen LogP contribution in [0.1, 0.15) is 17.5 Å². The third-order valence-corrected chi connectivity index (χ3v) is 8.25. The number of amides is 1. The van der Waals surface area contributed by atoms with Gasteiger partial charge in [0.2, 0.25) is 15.9 Å². The summed E-state index contributed by atoms with van der Waals surface area (Å²) >= 11 is 7.77. The van der Waals surface area contributed by atoms with E-state index in [1.54, 1.807) is 17.8 Å². The van der Waals surface area contributed by atoms with Crippen LogP contribution in [0, 0.1) is 13.8 Å². The van der Waals surface area contributed by atoms with Crippen molar-refractivity contribution in [1.29, 1.82) is 0 Å². The molecule has 1 amide bonds. The molecule has 0 radical (unpaired) electrons. The van der Waals surface area contributed by atoms with E-state index in [0.717, 1.165) is 4.90 Å². The number of thioether (sulfide) groups is 1. The van der Waals surface area contributed by atoms with Gasteiger partial charge in [-0.25, -0.2) is 8.42 Å². The third-order valence-electron chi connectivity index (χ3n) is 4.88. The molecule has 6 nitrogen and oxygen atoms in total. The first kappa shape index (κ1) is 23.1. The van der Waals surface area contributed by atoms with Crippen LogP contribution in [-0.4, -0.2) is 50.7 Å². The van der Waals surface area contributed by atoms with Crippen molar-refractivity contribution in [2.75, 3.05) is 37.4 Å². The van der Waals surface area contributed by atoms with Gasteiger partial charge in [0.25, 0.3) is 0 Å². The molecule has 2 aromatic carbocycles. The summed E-state index contributed by atoms with van der Waals surface area (Å²) in [4.78, 5) is 13.5. The molecule has 0 atom stereocenters. The Balaban J connectivity index is 1.61. The number of rotatable bonds is 7. The molecule has 9 heteroatoms. The van der Waals surface area contributed by atoms with E-state index in [-0.39, 0.29) is 28.9 Å². The van der Waals surface area contributed by atoms with Crippen molar-refractivity contribution < 1.29 is 17.9 Å². The molecule has 0 aromatic heterocycles. The van der Waals surface area contributed by atoms with Crippen LogP contribution in [0.5, 0.6) is 0 Å². The van der Waals surface area contributed by atoms with Crippen LogP contribution in [0.25, 0.3) is 0 Å². The number of morpholine rings is 1. The molecule has 0 aliphatic carbocycles. The Morgan fingerprint density at radius 2 is 1.87 bits per heavy atom. The third kappa shape index (κ3) is 5.76. The van der Waals surface area contributed by atoms with Crippen molar-refractivity contribution in [3.8, 4) is 0 Å². The average Bonchev–Trinajstić information content (AvgIpc) is 2.72. The second kappa shape index (κ2) is 10.2. The predicted molar refractivity (Wildman–Crippen MR) is 121 cm³/mol. The maximum Gasteiger partial charge on any atom is 0.244 e. The first-order valence-electron chi connectivity index (χ1n) is 9.65. The van der Waals surface area contributed by atoms with E-state index in [1.165, 1.54) is 27.6 Å². The minimum absolute atomic E-state index is 0.00614. The number of aryl methyl sites for hydroxylation is 2. The van der Waals surface area contributed by atoms with Crippen LogP contribution >= 0.6 is 23.4 Å². The first-order chi connectivity index (χ1) is 14.3. The van der Waals surface area contributed by atoms with Crippen molar-refractivity contribution in [2.45, 2.75) is 30.1 Å². The zero-order valence-corrected chi connectivity index (χ0v) is 19.4. The molecular weight excluding hydrogens is 444 g/mol. The number of hydrogen-bond acceptors (Lipinski definition) is 5. The maximum absolute atomic E-state index is 12.9. The summed E-state index contributed by atoms with van der Waals surface area (Å²) in [6, 6.07) is 10.7. The van der Waals surface area contributed by atoms with Gasteiger partial charge in [0.05, 0.1) is 18.2 Å². The van der Waals surface area contributed by atoms with Crippen molar-refractivity contribution >= 4 is 45.0 Å². The van der Waals surface area contributed by atoms with Gasteiger partial charge in [-0.1, -0.05) is 17.7 Å². The zero-order chi connectivity index (χ0) is 21.7. The van der Waals surface area contributed by atoms with Gasteiger partial charge in [0.1, 0.15) is 4.90 Å². The van der Waals surface area contributed by atoms with Crippen LogP contribution in [0.3, 0.4) is 0 Å². The van der Waals surface area contributed by atoms with Crippen LogP contribution < -0.4 is 5.32 Å². The Labute approximate surface area is 187 Å². The Morgan fingerprint density at radius 3 is 2.57 bits per heavy atom. The minimum Gasteiger partial charge on any atom is -0.379 e. The van der Waals surface area contributed by atoms with E-state index in [4.69, 9.17) is 16.3 Å². The lowest BCUT2D eigenvalue weighted by Crippen LogP contribution is -2.40. The summed E-state index contributed by atoms with van der Waals surface area (Å²) in [7, 11) is -3.75. The number of anilines is 1. The van der Waals surface area contributed by atoms with Gasteiger partial charge in [0, 0.05) is 35.8 Å². The van der Waals surface area contributed by atoms with Crippen LogP contribution in [0.4, 0.5) is 5.69 Å². The van der Waals surface area contributed by atoms with Crippen LogP contribution in [0.2, 0.25) is 5.02 Å². The SMILES string of the molecule is Cc1ccc(SCCC(=O)Nc2ccc(Cl)c(S(=O)(=O)N3CCOCC3)c2)cc1C. The van der Waals surface area contributed by atoms with Gasteiger partial charge >= 0.3 is 0 Å². The molecule has 1 aliphatic heterocycles. The van der Waals surface area contributed by atoms with Crippen molar-refractivity contribution in [2.24, 2.45) is 0 Å². The van der Waals surface area contributed by atoms with E-state index in [2.05, 4.69) is 31.3 Å². The lowest BCUT2D eigenvalue weighted by atomic mass is 10.1. The van der Waals surface area contributed by atoms with Crippen molar-refractivity contribution in [3.05, 3.63) is 52.5 Å². The molecule has 162 valence electrons. The normalized spacial score (nSPS) is 15.2. The predicted octanol–water partition coefficient (Wildman–Crippen LogP) is 4.10. The van der Waals surface area contributed by atoms with E-state index in [1.807, 2.05) is 6.07 Å². The van der Waals surface area contributed by atoms with Gasteiger partial charge in [-0.15, -0.1) is 11.8 Å². The fourth-order valence-corrected chi connectivity index (χ4v) is 5.85. The molecule has 1 saturated heterocycles. The second-order valence-corrected chi connectivity index (χ2v) is 10.5. The van der Waals surface area contributed by atoms with Gasteiger partial charge in [-0.3, -0.25) is 4.79 Å². The summed E-state index contributed by atoms with van der Waals surface area (Å²) in [5.74, 6) is 0.448. The number of carbonyl (C=O) groups is 1. The largest absolute Gasteiger partial charge is 0.379 e. The first-order valence-corrected chi connectivity index (χ1v) is 12.4. The molecule has 1 aliphatic rings. The lowest BCUT2D eigenvalue weighted by molar-refractivity contribution is -0.115. The molecule has 0 bridgehead atoms. The number of nitrogens with zero attached hydrogens (tertiary/aromatic N) is 1. The number of ether oxygens (including phenoxy) is 1. The second-order valence-electron chi connectivity index (χ2n) is 7.05. The summed E-state index contributed by atoms with van der Waals surface area (Å²) in [5, 5.41) is 2.90. The Kier molecular flexibility index (Phi) is 7.81. The molecule has 1 fully saturated rings. The number of halogens is 1. The number of sulfonamides is 1. The summed E-state index contributed by atoms with van der Waals surface area (Å²) in [6.07, 6.45) is 0.311. The average molecular weight is 469 g/mol. The fourth-order valence-electron chi connectivity index (χ4n) is 2.99. The van der Waals surface area contributed by atoms with Gasteiger partial charge < -0.3 is 10.1 Å². The number of carbonyl (C=O) groups excluding carboxylic acids is 1. The summed E-state index contributed by atoms with van der Waals surface area (Å²) < 4.78 is 32.4. The van der Waals surface area contributed by atoms with E-state index < -0.39 is 10.0 Å². The minimum atomic E-state index is -3.75. The number of hydrogen-bond donors (Lipinski definition) is 1. The Morgan fingerprint density at radius 1 is 1.13 bits per heavy atom. The highest BCUT2D eigenvalue weighted by atomic mass is 35.5. The molecule has 2 aromatic rings. The zero-order valence-electron chi connectivity index (χ0n) is 17.0. The molecule has 0 saturated carbocycles. The summed E-state index contributed by atoms with van der Waals surface area (Å²) in [5.41, 5.74) is 2.87. The molecule has 1 N–H and O–H groups in total. The Hall–Kier alpha value is -1.58. The van der Waals surface area contributed by atoms with Gasteiger partial charge in [-0.05, 0) is 55.3 Å². The van der Waals surface area contributed by atoms with Gasteiger partial charge in [-0.2, -0.15) is 4.31 Å². The number of nitrogens with one attached hydrogen (secondary N) is 1. The topological polar surface area (TPSA) is 75.7 Å². The smallest absolute Gasteiger partial charge is 0.244 e. The molecular formula is C21H25ClN2O4S2. The standard InChI is InChI=1S/C21H25ClN2O4S2/c1-15-3-5-18(13-16(15)2)29-12-7-21(25)23-17-4-6-19(22)20(14-17)30(26,27)24-8-10-28-11-9-24/h3-6,13-14H,7-12H2,1-2H3,(H,23,25). The summed E-state index contributed by atoms with van der Waals surface area (Å²) in [6.45, 7) is 5.40. The quantitative estimate of drug-likeness (QED) is 0.619. The molecule has 30 heavy (non-hydrogen) atoms. The molecule has 0 unspecified atom stereocenters. The highest BCUT2D eigenvalue weighted by molar-refractivity contribution is 7.99. The number of benzene rings is 2. The highest BCUT2D eigenvalue weighted by Gasteiger charge is 2.28. The van der Waals surface area contributed by atoms with Crippen molar-refractivity contribution in [1.82, 2.24) is 4.31 Å². The van der Waals surface area contributed by atoms with Gasteiger partial charge in [0.15, 0.2) is 0 Å². The molecule has 1 heterocycles. The maximum atomic E-state index is 12.9. The van der Waals surface area contributed by atoms with E-state index >= 15 is 0 Å². The van der Waals surface area contributed by atoms with E-state index in [0.29, 0.717) is 31.1 Å². The monoisotopic (exact) mass is 468 g/mol. The Bertz CT molecular complexity index is 1020.